The number of halogens is 2. The van der Waals surface area contributed by atoms with Crippen LogP contribution in [0.3, 0.4) is 0 Å². The maximum Gasteiger partial charge on any atom is 0.242 e. The number of hydrogen-bond donors (Lipinski definition) is 3. The second-order valence-electron chi connectivity index (χ2n) is 6.06. The Hall–Kier alpha value is -2.51. The third-order valence-electron chi connectivity index (χ3n) is 3.78. The molecule has 3 amide bonds. The molecule has 0 spiro atoms. The molecule has 3 N–H and O–H groups in total. The molecule has 0 heterocycles. The van der Waals surface area contributed by atoms with E-state index in [1.165, 1.54) is 14.0 Å². The fraction of sp³-hybridized carbons (Fsp3) is 0.500. The van der Waals surface area contributed by atoms with Crippen LogP contribution in [0.4, 0.5) is 8.78 Å². The Morgan fingerprint density at radius 1 is 1.04 bits per heavy atom. The van der Waals surface area contributed by atoms with Crippen LogP contribution in [-0.2, 0) is 20.8 Å². The molecule has 0 saturated heterocycles. The number of hydrogen-bond acceptors (Lipinski definition) is 3. The van der Waals surface area contributed by atoms with Crippen LogP contribution in [-0.4, -0.2) is 36.9 Å². The van der Waals surface area contributed by atoms with Crippen molar-refractivity contribution in [1.29, 1.82) is 0 Å². The zero-order valence-corrected chi connectivity index (χ0v) is 15.2. The summed E-state index contributed by atoms with van der Waals surface area (Å²) in [7, 11) is 1.48. The maximum absolute atomic E-state index is 13.1. The Labute approximate surface area is 151 Å². The first kappa shape index (κ1) is 21.5. The van der Waals surface area contributed by atoms with Gasteiger partial charge in [0.05, 0.1) is 6.42 Å². The van der Waals surface area contributed by atoms with Gasteiger partial charge in [-0.05, 0) is 31.0 Å². The maximum atomic E-state index is 13.1. The summed E-state index contributed by atoms with van der Waals surface area (Å²) in [6, 6.07) is 1.26. The summed E-state index contributed by atoms with van der Waals surface area (Å²) < 4.78 is 26.3. The van der Waals surface area contributed by atoms with Crippen LogP contribution in [0, 0.1) is 11.6 Å². The standard InChI is InChI=1S/C18H25F2N3O3/c1-4-5-6-15(18(26)21-3)23-17(25)11(2)22-16(24)9-12-7-13(19)10-14(20)8-12/h7-8,10-11,15H,4-6,9H2,1-3H3,(H,21,26)(H,22,24)(H,23,25)/t11-,15-/m0/s1. The lowest BCUT2D eigenvalue weighted by atomic mass is 10.1. The Bertz CT molecular complexity index is 632. The van der Waals surface area contributed by atoms with Crippen molar-refractivity contribution in [2.24, 2.45) is 0 Å². The average molecular weight is 369 g/mol. The average Bonchev–Trinajstić information content (AvgIpc) is 2.56. The zero-order valence-electron chi connectivity index (χ0n) is 15.2. The van der Waals surface area contributed by atoms with Crippen LogP contribution in [0.5, 0.6) is 0 Å². The number of benzene rings is 1. The molecule has 0 aromatic heterocycles. The molecular formula is C18H25F2N3O3. The topological polar surface area (TPSA) is 87.3 Å². The summed E-state index contributed by atoms with van der Waals surface area (Å²) in [5.41, 5.74) is 0.166. The number of nitrogens with one attached hydrogen (secondary N) is 3. The molecule has 1 aromatic rings. The highest BCUT2D eigenvalue weighted by atomic mass is 19.1. The lowest BCUT2D eigenvalue weighted by Crippen LogP contribution is -2.52. The van der Waals surface area contributed by atoms with E-state index in [1.54, 1.807) is 0 Å². The Kier molecular flexibility index (Phi) is 8.67. The summed E-state index contributed by atoms with van der Waals surface area (Å²) in [5, 5.41) is 7.55. The molecule has 0 fully saturated rings. The summed E-state index contributed by atoms with van der Waals surface area (Å²) in [5.74, 6) is -2.91. The van der Waals surface area contributed by atoms with E-state index in [9.17, 15) is 23.2 Å². The number of amides is 3. The van der Waals surface area contributed by atoms with E-state index in [4.69, 9.17) is 0 Å². The fourth-order valence-electron chi connectivity index (χ4n) is 2.40. The molecule has 1 rings (SSSR count). The van der Waals surface area contributed by atoms with E-state index in [0.29, 0.717) is 12.5 Å². The molecule has 26 heavy (non-hydrogen) atoms. The van der Waals surface area contributed by atoms with Crippen LogP contribution in [0.25, 0.3) is 0 Å². The van der Waals surface area contributed by atoms with E-state index < -0.39 is 35.5 Å². The van der Waals surface area contributed by atoms with Crippen LogP contribution in [0.15, 0.2) is 18.2 Å². The van der Waals surface area contributed by atoms with Gasteiger partial charge in [0.15, 0.2) is 0 Å². The van der Waals surface area contributed by atoms with E-state index >= 15 is 0 Å². The Morgan fingerprint density at radius 2 is 1.65 bits per heavy atom. The van der Waals surface area contributed by atoms with Crippen molar-refractivity contribution < 1.29 is 23.2 Å². The smallest absolute Gasteiger partial charge is 0.242 e. The molecule has 2 atom stereocenters. The van der Waals surface area contributed by atoms with Gasteiger partial charge in [0.2, 0.25) is 17.7 Å². The summed E-state index contributed by atoms with van der Waals surface area (Å²) in [6.07, 6.45) is 1.87. The summed E-state index contributed by atoms with van der Waals surface area (Å²) >= 11 is 0. The predicted molar refractivity (Wildman–Crippen MR) is 93.2 cm³/mol. The second kappa shape index (κ2) is 10.5. The molecule has 0 unspecified atom stereocenters. The van der Waals surface area contributed by atoms with E-state index in [0.717, 1.165) is 25.0 Å². The summed E-state index contributed by atoms with van der Waals surface area (Å²) in [6.45, 7) is 3.45. The molecular weight excluding hydrogens is 344 g/mol. The highest BCUT2D eigenvalue weighted by molar-refractivity contribution is 5.92. The Morgan fingerprint density at radius 3 is 2.19 bits per heavy atom. The third-order valence-corrected chi connectivity index (χ3v) is 3.78. The van der Waals surface area contributed by atoms with Crippen LogP contribution in [0.1, 0.15) is 38.7 Å². The van der Waals surface area contributed by atoms with Gasteiger partial charge in [0.25, 0.3) is 0 Å². The number of rotatable bonds is 9. The predicted octanol–water partition coefficient (Wildman–Crippen LogP) is 1.43. The third kappa shape index (κ3) is 7.16. The molecule has 0 aliphatic rings. The van der Waals surface area contributed by atoms with Gasteiger partial charge in [0.1, 0.15) is 23.7 Å². The quantitative estimate of drug-likeness (QED) is 0.615. The fourth-order valence-corrected chi connectivity index (χ4v) is 2.40. The molecule has 0 aliphatic carbocycles. The molecule has 0 bridgehead atoms. The largest absolute Gasteiger partial charge is 0.357 e. The van der Waals surface area contributed by atoms with Gasteiger partial charge in [0, 0.05) is 13.1 Å². The van der Waals surface area contributed by atoms with Crippen molar-refractivity contribution in [3.8, 4) is 0 Å². The normalized spacial score (nSPS) is 12.8. The van der Waals surface area contributed by atoms with Crippen molar-refractivity contribution >= 4 is 17.7 Å². The number of carbonyl (C=O) groups is 3. The first-order chi connectivity index (χ1) is 12.3. The minimum atomic E-state index is -0.894. The zero-order chi connectivity index (χ0) is 19.7. The first-order valence-corrected chi connectivity index (χ1v) is 8.53. The van der Waals surface area contributed by atoms with E-state index in [-0.39, 0.29) is 17.9 Å². The SMILES string of the molecule is CCCC[C@H](NC(=O)[C@H](C)NC(=O)Cc1cc(F)cc(F)c1)C(=O)NC. The number of unbranched alkanes of at least 4 members (excludes halogenated alkanes) is 1. The van der Waals surface area contributed by atoms with Gasteiger partial charge in [-0.3, -0.25) is 14.4 Å². The van der Waals surface area contributed by atoms with Crippen molar-refractivity contribution in [1.82, 2.24) is 16.0 Å². The second-order valence-corrected chi connectivity index (χ2v) is 6.06. The van der Waals surface area contributed by atoms with Gasteiger partial charge in [-0.25, -0.2) is 8.78 Å². The van der Waals surface area contributed by atoms with Gasteiger partial charge in [-0.2, -0.15) is 0 Å². The molecule has 0 radical (unpaired) electrons. The highest BCUT2D eigenvalue weighted by Crippen LogP contribution is 2.08. The van der Waals surface area contributed by atoms with Gasteiger partial charge < -0.3 is 16.0 Å². The molecule has 1 aromatic carbocycles. The van der Waals surface area contributed by atoms with Crippen LogP contribution >= 0.6 is 0 Å². The number of carbonyl (C=O) groups excluding carboxylic acids is 3. The minimum absolute atomic E-state index is 0.166. The van der Waals surface area contributed by atoms with Crippen molar-refractivity contribution in [2.75, 3.05) is 7.05 Å². The lowest BCUT2D eigenvalue weighted by Gasteiger charge is -2.20. The van der Waals surface area contributed by atoms with E-state index in [2.05, 4.69) is 16.0 Å². The van der Waals surface area contributed by atoms with Crippen molar-refractivity contribution in [2.45, 2.75) is 51.6 Å². The summed E-state index contributed by atoms with van der Waals surface area (Å²) in [4.78, 5) is 36.0. The van der Waals surface area contributed by atoms with Crippen LogP contribution < -0.4 is 16.0 Å². The van der Waals surface area contributed by atoms with Gasteiger partial charge >= 0.3 is 0 Å². The first-order valence-electron chi connectivity index (χ1n) is 8.53. The van der Waals surface area contributed by atoms with Gasteiger partial charge in [-0.1, -0.05) is 19.8 Å². The Balaban J connectivity index is 2.61. The molecule has 0 saturated carbocycles. The highest BCUT2D eigenvalue weighted by Gasteiger charge is 2.23. The monoisotopic (exact) mass is 369 g/mol. The van der Waals surface area contributed by atoms with Gasteiger partial charge in [-0.15, -0.1) is 0 Å². The van der Waals surface area contributed by atoms with E-state index in [1.807, 2.05) is 6.92 Å². The van der Waals surface area contributed by atoms with Crippen molar-refractivity contribution in [3.63, 3.8) is 0 Å². The molecule has 6 nitrogen and oxygen atoms in total. The minimum Gasteiger partial charge on any atom is -0.357 e. The molecule has 144 valence electrons. The number of likely N-dealkylation sites (N-methyl/N-ethyl adjacent to an activating group) is 1. The van der Waals surface area contributed by atoms with Crippen molar-refractivity contribution in [3.05, 3.63) is 35.4 Å². The molecule has 8 heteroatoms. The lowest BCUT2D eigenvalue weighted by molar-refractivity contribution is -0.131. The molecule has 0 aliphatic heterocycles. The van der Waals surface area contributed by atoms with Crippen LogP contribution in [0.2, 0.25) is 0 Å².